The van der Waals surface area contributed by atoms with Gasteiger partial charge in [0.05, 0.1) is 13.1 Å². The lowest BCUT2D eigenvalue weighted by Gasteiger charge is -2.28. The summed E-state index contributed by atoms with van der Waals surface area (Å²) in [5, 5.41) is 0. The Balaban J connectivity index is 2.28. The van der Waals surface area contributed by atoms with Crippen LogP contribution in [0.1, 0.15) is 6.92 Å². The van der Waals surface area contributed by atoms with Gasteiger partial charge in [-0.25, -0.2) is 0 Å². The summed E-state index contributed by atoms with van der Waals surface area (Å²) in [5.41, 5.74) is 0. The highest BCUT2D eigenvalue weighted by Gasteiger charge is 2.31. The van der Waals surface area contributed by atoms with Gasteiger partial charge in [0, 0.05) is 0 Å². The predicted octanol–water partition coefficient (Wildman–Crippen LogP) is -2.30. The molecule has 0 amide bonds. The molecule has 1 aliphatic rings. The van der Waals surface area contributed by atoms with Crippen LogP contribution in [0.25, 0.3) is 0 Å². The van der Waals surface area contributed by atoms with Gasteiger partial charge in [-0.1, -0.05) is 0 Å². The van der Waals surface area contributed by atoms with E-state index in [0.717, 1.165) is 37.6 Å². The van der Waals surface area contributed by atoms with Crippen molar-refractivity contribution in [2.45, 2.75) is 13.1 Å². The van der Waals surface area contributed by atoms with E-state index in [9.17, 15) is 21.6 Å². The topological polar surface area (TPSA) is 52.2 Å². The third kappa shape index (κ3) is 7.09. The van der Waals surface area contributed by atoms with Gasteiger partial charge in [0.1, 0.15) is 31.9 Å². The lowest BCUT2D eigenvalue weighted by atomic mass is 10.3. The molecule has 0 unspecified atom stereocenters. The van der Waals surface area contributed by atoms with Crippen molar-refractivity contribution in [3.05, 3.63) is 0 Å². The van der Waals surface area contributed by atoms with E-state index >= 15 is 0 Å². The van der Waals surface area contributed by atoms with Crippen molar-refractivity contribution < 1.29 is 35.6 Å². The van der Waals surface area contributed by atoms with E-state index in [0.29, 0.717) is 6.54 Å². The molecule has 1 rings (SSSR count). The van der Waals surface area contributed by atoms with E-state index in [1.807, 2.05) is 0 Å². The van der Waals surface area contributed by atoms with Gasteiger partial charge in [-0.15, -0.1) is 0 Å². The molecule has 0 bridgehead atoms. The summed E-state index contributed by atoms with van der Waals surface area (Å²) in [7, 11) is -4.08. The lowest BCUT2D eigenvalue weighted by molar-refractivity contribution is -1.01. The molecule has 5 nitrogen and oxygen atoms in total. The first-order chi connectivity index (χ1) is 8.72. The van der Waals surface area contributed by atoms with Crippen LogP contribution in [-0.4, -0.2) is 66.2 Å². The molecule has 1 aliphatic heterocycles. The smallest absolute Gasteiger partial charge is 0.326 e. The molecule has 0 radical (unpaired) electrons. The summed E-state index contributed by atoms with van der Waals surface area (Å²) < 4.78 is 62.2. The van der Waals surface area contributed by atoms with Crippen molar-refractivity contribution in [2.75, 3.05) is 51.6 Å². The largest absolute Gasteiger partial charge is 0.413 e. The van der Waals surface area contributed by atoms with Crippen LogP contribution in [0.15, 0.2) is 0 Å². The van der Waals surface area contributed by atoms with Crippen LogP contribution in [0.2, 0.25) is 0 Å². The van der Waals surface area contributed by atoms with Crippen LogP contribution in [-0.2, 0) is 14.3 Å². The fourth-order valence-electron chi connectivity index (χ4n) is 2.05. The molecule has 19 heavy (non-hydrogen) atoms. The zero-order valence-electron chi connectivity index (χ0n) is 10.9. The molecular weight excluding hydrogens is 285 g/mol. The summed E-state index contributed by atoms with van der Waals surface area (Å²) in [4.78, 5) is 2.58. The molecule has 2 N–H and O–H groups in total. The highest BCUT2D eigenvalue weighted by Crippen LogP contribution is 2.15. The minimum Gasteiger partial charge on any atom is -0.326 e. The van der Waals surface area contributed by atoms with Crippen LogP contribution in [0.4, 0.5) is 13.2 Å². The molecule has 0 aromatic carbocycles. The fourth-order valence-corrected chi connectivity index (χ4v) is 3.02. The first-order valence-electron chi connectivity index (χ1n) is 6.33. The van der Waals surface area contributed by atoms with Crippen LogP contribution in [0, 0.1) is 0 Å². The van der Waals surface area contributed by atoms with E-state index in [4.69, 9.17) is 0 Å². The molecule has 0 spiro atoms. The van der Waals surface area contributed by atoms with Crippen LogP contribution in [0.5, 0.6) is 0 Å². The highest BCUT2D eigenvalue weighted by atomic mass is 32.2. The molecular formula is C10H21F3N2O3S+2. The average molecular weight is 306 g/mol. The van der Waals surface area contributed by atoms with Gasteiger partial charge in [0.25, 0.3) is 10.1 Å². The van der Waals surface area contributed by atoms with E-state index in [1.54, 1.807) is 0 Å². The Kier molecular flexibility index (Phi) is 6.03. The second-order valence-corrected chi connectivity index (χ2v) is 6.50. The first-order valence-corrected chi connectivity index (χ1v) is 7.90. The quantitative estimate of drug-likeness (QED) is 0.543. The van der Waals surface area contributed by atoms with Crippen molar-refractivity contribution in [1.29, 1.82) is 0 Å². The van der Waals surface area contributed by atoms with Gasteiger partial charge in [0.15, 0.2) is 6.61 Å². The zero-order chi connectivity index (χ0) is 14.5. The maximum Gasteiger partial charge on any atom is 0.413 e. The van der Waals surface area contributed by atoms with Crippen LogP contribution >= 0.6 is 0 Å². The standard InChI is InChI=1S/C10H19F3N2O3S/c1-2-14-3-5-15(6-4-14)7-8-19(16,17)18-9-10(11,12)13/h2-9H2,1H3/p+2. The molecule has 0 aromatic heterocycles. The molecule has 1 fully saturated rings. The molecule has 0 saturated carbocycles. The Labute approximate surface area is 111 Å². The summed E-state index contributed by atoms with van der Waals surface area (Å²) in [5.74, 6) is -0.361. The van der Waals surface area contributed by atoms with Gasteiger partial charge < -0.3 is 9.80 Å². The molecule has 1 heterocycles. The number of hydrogen-bond acceptors (Lipinski definition) is 3. The van der Waals surface area contributed by atoms with E-state index in [2.05, 4.69) is 11.1 Å². The molecule has 0 aromatic rings. The Hall–Kier alpha value is -0.380. The Bertz CT molecular complexity index is 365. The number of quaternary nitrogens is 2. The third-order valence-corrected chi connectivity index (χ3v) is 4.45. The summed E-state index contributed by atoms with van der Waals surface area (Å²) in [6, 6.07) is 0. The number of piperazine rings is 1. The molecule has 9 heteroatoms. The second kappa shape index (κ2) is 6.87. The van der Waals surface area contributed by atoms with Crippen LogP contribution < -0.4 is 9.80 Å². The van der Waals surface area contributed by atoms with E-state index < -0.39 is 22.9 Å². The molecule has 0 atom stereocenters. The predicted molar refractivity (Wildman–Crippen MR) is 62.6 cm³/mol. The van der Waals surface area contributed by atoms with Crippen molar-refractivity contribution in [1.82, 2.24) is 0 Å². The maximum atomic E-state index is 11.9. The number of likely N-dealkylation sites (N-methyl/N-ethyl adjacent to an activating group) is 1. The maximum absolute atomic E-state index is 11.9. The van der Waals surface area contributed by atoms with Crippen LogP contribution in [0.3, 0.4) is 0 Å². The molecule has 0 aliphatic carbocycles. The van der Waals surface area contributed by atoms with E-state index in [-0.39, 0.29) is 5.75 Å². The van der Waals surface area contributed by atoms with Crippen molar-refractivity contribution in [2.24, 2.45) is 0 Å². The second-order valence-electron chi connectivity index (χ2n) is 4.74. The average Bonchev–Trinajstić information content (AvgIpc) is 2.34. The van der Waals surface area contributed by atoms with Gasteiger partial charge in [0.2, 0.25) is 0 Å². The van der Waals surface area contributed by atoms with Crippen molar-refractivity contribution in [3.63, 3.8) is 0 Å². The highest BCUT2D eigenvalue weighted by molar-refractivity contribution is 7.86. The Morgan fingerprint density at radius 1 is 1.11 bits per heavy atom. The number of hydrogen-bond donors (Lipinski definition) is 2. The fraction of sp³-hybridized carbons (Fsp3) is 1.00. The Morgan fingerprint density at radius 2 is 1.63 bits per heavy atom. The summed E-state index contributed by atoms with van der Waals surface area (Å²) in [6.45, 7) is 5.33. The Morgan fingerprint density at radius 3 is 2.11 bits per heavy atom. The number of rotatable bonds is 6. The molecule has 114 valence electrons. The van der Waals surface area contributed by atoms with Gasteiger partial charge >= 0.3 is 6.18 Å². The lowest BCUT2D eigenvalue weighted by Crippen LogP contribution is -3.28. The van der Waals surface area contributed by atoms with Crippen molar-refractivity contribution >= 4 is 10.1 Å². The van der Waals surface area contributed by atoms with Gasteiger partial charge in [-0.2, -0.15) is 21.6 Å². The van der Waals surface area contributed by atoms with E-state index in [1.165, 1.54) is 4.90 Å². The summed E-state index contributed by atoms with van der Waals surface area (Å²) >= 11 is 0. The van der Waals surface area contributed by atoms with Gasteiger partial charge in [-0.05, 0) is 6.92 Å². The number of alkyl halides is 3. The minimum atomic E-state index is -4.62. The van der Waals surface area contributed by atoms with Gasteiger partial charge in [-0.3, -0.25) is 4.18 Å². The molecule has 1 saturated heterocycles. The van der Waals surface area contributed by atoms with Crippen molar-refractivity contribution in [3.8, 4) is 0 Å². The SMILES string of the molecule is CC[NH+]1CC[NH+](CCS(=O)(=O)OCC(F)(F)F)CC1. The monoisotopic (exact) mass is 306 g/mol. The summed E-state index contributed by atoms with van der Waals surface area (Å²) in [6.07, 6.45) is -4.62. The number of nitrogens with one attached hydrogen (secondary N) is 2. The minimum absolute atomic E-state index is 0.303. The number of halogens is 3. The first kappa shape index (κ1) is 16.7. The normalized spacial score (nSPS) is 25.5. The zero-order valence-corrected chi connectivity index (χ0v) is 11.7. The third-order valence-electron chi connectivity index (χ3n) is 3.27.